The van der Waals surface area contributed by atoms with E-state index in [0.717, 1.165) is 0 Å². The van der Waals surface area contributed by atoms with E-state index in [1.807, 2.05) is 0 Å². The van der Waals surface area contributed by atoms with Crippen LogP contribution in [0.4, 0.5) is 0 Å². The first-order valence-electron chi connectivity index (χ1n) is 3.34. The molecular formula is C9H9ClO2. The smallest absolute Gasteiger partial charge is 0.141 e. The maximum Gasteiger partial charge on any atom is 0.141 e. The Balaban J connectivity index is 3.86. The van der Waals surface area contributed by atoms with E-state index in [0.29, 0.717) is 10.8 Å². The van der Waals surface area contributed by atoms with Gasteiger partial charge in [0.15, 0.2) is 0 Å². The first-order chi connectivity index (χ1) is 5.46. The molecule has 12 heavy (non-hydrogen) atoms. The molecule has 0 bridgehead atoms. The lowest BCUT2D eigenvalue weighted by Gasteiger charge is -2.04. The van der Waals surface area contributed by atoms with Crippen molar-refractivity contribution >= 4 is 24.8 Å². The van der Waals surface area contributed by atoms with Crippen LogP contribution in [0.15, 0.2) is 0 Å². The minimum atomic E-state index is -0.114. The van der Waals surface area contributed by atoms with Gasteiger partial charge < -0.3 is 10.2 Å². The second kappa shape index (κ2) is 2.72. The Hall–Kier alpha value is -1.15. The van der Waals surface area contributed by atoms with Gasteiger partial charge in [0.25, 0.3) is 0 Å². The maximum atomic E-state index is 9.39. The summed E-state index contributed by atoms with van der Waals surface area (Å²) in [5, 5.41) is 19.4. The van der Waals surface area contributed by atoms with E-state index in [-0.39, 0.29) is 21.7 Å². The Bertz CT molecular complexity index is 347. The Morgan fingerprint density at radius 1 is 1.08 bits per heavy atom. The van der Waals surface area contributed by atoms with Crippen molar-refractivity contribution in [3.05, 3.63) is 21.0 Å². The SMILES string of the molecule is C=c1c(C)c(O)c(=C)c(Cl)c1O. The van der Waals surface area contributed by atoms with Gasteiger partial charge in [0.1, 0.15) is 11.5 Å². The van der Waals surface area contributed by atoms with E-state index in [1.165, 1.54) is 0 Å². The van der Waals surface area contributed by atoms with E-state index < -0.39 is 0 Å². The summed E-state index contributed by atoms with van der Waals surface area (Å²) in [5.41, 5.74) is 0.502. The number of phenolic OH excluding ortho intramolecular Hbond substituents is 2. The molecule has 0 unspecified atom stereocenters. The van der Waals surface area contributed by atoms with Crippen LogP contribution in [0.1, 0.15) is 5.56 Å². The lowest BCUT2D eigenvalue weighted by molar-refractivity contribution is 0.449. The molecule has 1 aromatic carbocycles. The highest BCUT2D eigenvalue weighted by Crippen LogP contribution is 2.18. The van der Waals surface area contributed by atoms with Gasteiger partial charge in [-0.15, -0.1) is 0 Å². The van der Waals surface area contributed by atoms with E-state index in [4.69, 9.17) is 11.6 Å². The van der Waals surface area contributed by atoms with Gasteiger partial charge in [-0.1, -0.05) is 24.8 Å². The van der Waals surface area contributed by atoms with Gasteiger partial charge in [0.2, 0.25) is 0 Å². The standard InChI is InChI=1S/C9H9ClO2/c1-4-5(2)9(12)7(10)6(3)8(4)11/h11-12H,2-3H2,1H3. The van der Waals surface area contributed by atoms with Gasteiger partial charge in [-0.05, 0) is 6.92 Å². The van der Waals surface area contributed by atoms with Gasteiger partial charge in [0.05, 0.1) is 5.02 Å². The summed E-state index contributed by atoms with van der Waals surface area (Å²) in [6, 6.07) is 0. The molecule has 0 aliphatic rings. The molecule has 0 aliphatic heterocycles. The number of hydrogen-bond donors (Lipinski definition) is 2. The van der Waals surface area contributed by atoms with Crippen molar-refractivity contribution in [1.29, 1.82) is 0 Å². The van der Waals surface area contributed by atoms with Crippen molar-refractivity contribution in [2.24, 2.45) is 0 Å². The normalized spacial score (nSPS) is 10.2. The van der Waals surface area contributed by atoms with Crippen LogP contribution >= 0.6 is 11.6 Å². The molecule has 2 nitrogen and oxygen atoms in total. The Kier molecular flexibility index (Phi) is 2.02. The van der Waals surface area contributed by atoms with Crippen molar-refractivity contribution < 1.29 is 10.2 Å². The van der Waals surface area contributed by atoms with E-state index in [1.54, 1.807) is 6.92 Å². The summed E-state index contributed by atoms with van der Waals surface area (Å²) in [7, 11) is 0. The molecule has 64 valence electrons. The fraction of sp³-hybridized carbons (Fsp3) is 0.111. The van der Waals surface area contributed by atoms with Gasteiger partial charge in [-0.25, -0.2) is 0 Å². The minimum Gasteiger partial charge on any atom is -0.507 e. The van der Waals surface area contributed by atoms with Gasteiger partial charge in [0, 0.05) is 16.0 Å². The van der Waals surface area contributed by atoms with Crippen LogP contribution in [0.3, 0.4) is 0 Å². The van der Waals surface area contributed by atoms with Crippen molar-refractivity contribution in [3.8, 4) is 11.5 Å². The third-order valence-corrected chi connectivity index (χ3v) is 2.26. The monoisotopic (exact) mass is 184 g/mol. The van der Waals surface area contributed by atoms with Crippen molar-refractivity contribution in [2.45, 2.75) is 6.92 Å². The lowest BCUT2D eigenvalue weighted by Crippen LogP contribution is -2.13. The molecule has 0 saturated heterocycles. The molecule has 0 aliphatic carbocycles. The minimum absolute atomic E-state index is 0.0113. The van der Waals surface area contributed by atoms with Gasteiger partial charge in [-0.2, -0.15) is 0 Å². The molecule has 1 aromatic rings. The van der Waals surface area contributed by atoms with Crippen molar-refractivity contribution in [2.75, 3.05) is 0 Å². The maximum absolute atomic E-state index is 9.39. The number of phenols is 2. The zero-order valence-corrected chi connectivity index (χ0v) is 7.44. The number of benzene rings is 1. The van der Waals surface area contributed by atoms with Crippen LogP contribution in [0, 0.1) is 6.92 Å². The van der Waals surface area contributed by atoms with Gasteiger partial charge >= 0.3 is 0 Å². The highest BCUT2D eigenvalue weighted by Gasteiger charge is 2.08. The average molecular weight is 185 g/mol. The fourth-order valence-corrected chi connectivity index (χ4v) is 1.13. The van der Waals surface area contributed by atoms with Crippen molar-refractivity contribution in [1.82, 2.24) is 0 Å². The zero-order valence-electron chi connectivity index (χ0n) is 6.69. The van der Waals surface area contributed by atoms with E-state index in [2.05, 4.69) is 13.2 Å². The molecule has 0 amide bonds. The molecule has 0 saturated carbocycles. The largest absolute Gasteiger partial charge is 0.507 e. The highest BCUT2D eigenvalue weighted by atomic mass is 35.5. The molecule has 2 N–H and O–H groups in total. The van der Waals surface area contributed by atoms with E-state index in [9.17, 15) is 10.2 Å². The number of aromatic hydroxyl groups is 2. The molecule has 3 heteroatoms. The third kappa shape index (κ3) is 1.04. The summed E-state index contributed by atoms with van der Waals surface area (Å²) < 4.78 is 0. The Morgan fingerprint density at radius 3 is 2.08 bits per heavy atom. The summed E-state index contributed by atoms with van der Waals surface area (Å²) in [6.07, 6.45) is 0. The molecule has 0 atom stereocenters. The summed E-state index contributed by atoms with van der Waals surface area (Å²) >= 11 is 5.65. The third-order valence-electron chi connectivity index (χ3n) is 1.85. The van der Waals surface area contributed by atoms with Crippen molar-refractivity contribution in [3.63, 3.8) is 0 Å². The molecule has 0 radical (unpaired) electrons. The summed E-state index contributed by atoms with van der Waals surface area (Å²) in [4.78, 5) is 0. The Labute approximate surface area is 75.0 Å². The first kappa shape index (κ1) is 8.94. The number of halogens is 1. The van der Waals surface area contributed by atoms with Gasteiger partial charge in [-0.3, -0.25) is 0 Å². The average Bonchev–Trinajstić information content (AvgIpc) is 2.08. The van der Waals surface area contributed by atoms with Crippen LogP contribution in [-0.2, 0) is 0 Å². The second-order valence-electron chi connectivity index (χ2n) is 2.59. The zero-order chi connectivity index (χ0) is 9.46. The predicted molar refractivity (Wildman–Crippen MR) is 49.8 cm³/mol. The topological polar surface area (TPSA) is 40.5 Å². The summed E-state index contributed by atoms with van der Waals surface area (Å²) in [6.45, 7) is 8.71. The van der Waals surface area contributed by atoms with Crippen LogP contribution in [0.2, 0.25) is 5.02 Å². The van der Waals surface area contributed by atoms with Crippen LogP contribution in [-0.4, -0.2) is 10.2 Å². The number of hydrogen-bond acceptors (Lipinski definition) is 2. The molecule has 0 heterocycles. The molecular weight excluding hydrogens is 176 g/mol. The van der Waals surface area contributed by atoms with Crippen LogP contribution < -0.4 is 10.4 Å². The second-order valence-corrected chi connectivity index (χ2v) is 2.97. The predicted octanol–water partition coefficient (Wildman–Crippen LogP) is 0.880. The van der Waals surface area contributed by atoms with Crippen LogP contribution in [0.25, 0.3) is 13.2 Å². The summed E-state index contributed by atoms with van der Waals surface area (Å²) in [5.74, 6) is -0.125. The first-order valence-corrected chi connectivity index (χ1v) is 3.72. The Morgan fingerprint density at radius 2 is 1.58 bits per heavy atom. The van der Waals surface area contributed by atoms with E-state index >= 15 is 0 Å². The molecule has 0 fully saturated rings. The fourth-order valence-electron chi connectivity index (χ4n) is 0.926. The number of rotatable bonds is 0. The molecule has 0 spiro atoms. The lowest BCUT2D eigenvalue weighted by atomic mass is 10.1. The molecule has 1 rings (SSSR count). The quantitative estimate of drug-likeness (QED) is 0.588. The van der Waals surface area contributed by atoms with Crippen LogP contribution in [0.5, 0.6) is 11.5 Å². The highest BCUT2D eigenvalue weighted by molar-refractivity contribution is 6.32. The molecule has 0 aromatic heterocycles.